The van der Waals surface area contributed by atoms with Crippen molar-refractivity contribution in [3.63, 3.8) is 0 Å². The van der Waals surface area contributed by atoms with E-state index in [0.717, 1.165) is 4.91 Å². The standard InChI is InChI=1S/C8H10N4O3S/c9-12-10-7-2-1-6(5-8(7)11-12)16(14,15)4-3-13/h1-2,5,13H,3-4,9H2. The van der Waals surface area contributed by atoms with Crippen LogP contribution in [-0.2, 0) is 9.84 Å². The van der Waals surface area contributed by atoms with Crippen molar-refractivity contribution in [3.8, 4) is 0 Å². The molecule has 16 heavy (non-hydrogen) atoms. The van der Waals surface area contributed by atoms with Gasteiger partial charge in [-0.1, -0.05) is 4.91 Å². The second-order valence-electron chi connectivity index (χ2n) is 3.21. The number of aromatic nitrogens is 3. The molecule has 7 nitrogen and oxygen atoms in total. The Morgan fingerprint density at radius 3 is 2.69 bits per heavy atom. The molecule has 86 valence electrons. The normalized spacial score (nSPS) is 12.1. The average molecular weight is 242 g/mol. The largest absolute Gasteiger partial charge is 0.395 e. The highest BCUT2D eigenvalue weighted by Crippen LogP contribution is 2.16. The lowest BCUT2D eigenvalue weighted by atomic mass is 10.3. The fourth-order valence-corrected chi connectivity index (χ4v) is 2.39. The third kappa shape index (κ3) is 1.84. The number of benzene rings is 1. The van der Waals surface area contributed by atoms with Gasteiger partial charge in [-0.15, -0.1) is 10.2 Å². The van der Waals surface area contributed by atoms with E-state index in [-0.39, 0.29) is 10.6 Å². The van der Waals surface area contributed by atoms with Gasteiger partial charge in [0.15, 0.2) is 9.84 Å². The van der Waals surface area contributed by atoms with Gasteiger partial charge in [-0.05, 0) is 18.2 Å². The van der Waals surface area contributed by atoms with Crippen LogP contribution in [0, 0.1) is 0 Å². The minimum absolute atomic E-state index is 0.106. The van der Waals surface area contributed by atoms with Crippen LogP contribution in [0.4, 0.5) is 0 Å². The van der Waals surface area contributed by atoms with Crippen molar-refractivity contribution in [2.45, 2.75) is 4.90 Å². The monoisotopic (exact) mass is 242 g/mol. The first-order valence-corrected chi connectivity index (χ1v) is 6.14. The van der Waals surface area contributed by atoms with Crippen LogP contribution in [0.2, 0.25) is 0 Å². The summed E-state index contributed by atoms with van der Waals surface area (Å²) < 4.78 is 23.3. The van der Waals surface area contributed by atoms with E-state index in [0.29, 0.717) is 11.0 Å². The first-order valence-electron chi connectivity index (χ1n) is 4.49. The molecule has 2 aromatic rings. The van der Waals surface area contributed by atoms with Crippen molar-refractivity contribution >= 4 is 20.9 Å². The van der Waals surface area contributed by atoms with E-state index in [9.17, 15) is 8.42 Å². The van der Waals surface area contributed by atoms with Crippen LogP contribution in [0.25, 0.3) is 11.0 Å². The van der Waals surface area contributed by atoms with Gasteiger partial charge in [0.05, 0.1) is 17.3 Å². The van der Waals surface area contributed by atoms with E-state index < -0.39 is 16.4 Å². The van der Waals surface area contributed by atoms with Crippen LogP contribution in [0.3, 0.4) is 0 Å². The molecule has 0 aliphatic heterocycles. The Balaban J connectivity index is 2.54. The Morgan fingerprint density at radius 2 is 2.00 bits per heavy atom. The van der Waals surface area contributed by atoms with Gasteiger partial charge >= 0.3 is 0 Å². The summed E-state index contributed by atoms with van der Waals surface area (Å²) in [5.41, 5.74) is 0.923. The molecular formula is C8H10N4O3S. The summed E-state index contributed by atoms with van der Waals surface area (Å²) in [6, 6.07) is 4.33. The van der Waals surface area contributed by atoms with Gasteiger partial charge in [0.1, 0.15) is 11.0 Å². The quantitative estimate of drug-likeness (QED) is 0.662. The molecular weight excluding hydrogens is 232 g/mol. The van der Waals surface area contributed by atoms with Crippen LogP contribution >= 0.6 is 0 Å². The number of nitrogen functional groups attached to an aromatic ring is 1. The van der Waals surface area contributed by atoms with Crippen LogP contribution in [-0.4, -0.2) is 41.0 Å². The van der Waals surface area contributed by atoms with Gasteiger partial charge in [0.25, 0.3) is 0 Å². The maximum Gasteiger partial charge on any atom is 0.180 e. The average Bonchev–Trinajstić information content (AvgIpc) is 2.56. The number of nitrogens with two attached hydrogens (primary N) is 1. The van der Waals surface area contributed by atoms with E-state index >= 15 is 0 Å². The SMILES string of the molecule is Nn1nc2ccc(S(=O)(=O)CCO)cc2n1. The molecule has 1 heterocycles. The third-order valence-electron chi connectivity index (χ3n) is 2.09. The molecule has 0 aliphatic carbocycles. The highest BCUT2D eigenvalue weighted by molar-refractivity contribution is 7.91. The maximum atomic E-state index is 11.6. The van der Waals surface area contributed by atoms with E-state index in [1.54, 1.807) is 0 Å². The number of fused-ring (bicyclic) bond motifs is 1. The van der Waals surface area contributed by atoms with E-state index in [1.165, 1.54) is 18.2 Å². The molecule has 0 saturated heterocycles. The molecule has 0 radical (unpaired) electrons. The van der Waals surface area contributed by atoms with Crippen LogP contribution in [0.5, 0.6) is 0 Å². The summed E-state index contributed by atoms with van der Waals surface area (Å²) >= 11 is 0. The highest BCUT2D eigenvalue weighted by Gasteiger charge is 2.15. The topological polar surface area (TPSA) is 111 Å². The number of sulfone groups is 1. The Hall–Kier alpha value is -1.67. The first kappa shape index (κ1) is 10.8. The summed E-state index contributed by atoms with van der Waals surface area (Å²) in [6.07, 6.45) is 0. The number of hydrogen-bond acceptors (Lipinski definition) is 6. The molecule has 0 atom stereocenters. The fourth-order valence-electron chi connectivity index (χ4n) is 1.34. The molecule has 0 saturated carbocycles. The van der Waals surface area contributed by atoms with Crippen LogP contribution in [0.1, 0.15) is 0 Å². The molecule has 2 rings (SSSR count). The molecule has 1 aromatic carbocycles. The molecule has 0 unspecified atom stereocenters. The van der Waals surface area contributed by atoms with E-state index in [4.69, 9.17) is 10.9 Å². The zero-order chi connectivity index (χ0) is 11.8. The molecule has 0 aliphatic rings. The Kier molecular flexibility index (Phi) is 2.52. The minimum Gasteiger partial charge on any atom is -0.395 e. The predicted octanol–water partition coefficient (Wildman–Crippen LogP) is -1.09. The van der Waals surface area contributed by atoms with Crippen molar-refractivity contribution in [3.05, 3.63) is 18.2 Å². The minimum atomic E-state index is -3.46. The first-order chi connectivity index (χ1) is 7.53. The van der Waals surface area contributed by atoms with Crippen molar-refractivity contribution < 1.29 is 13.5 Å². The van der Waals surface area contributed by atoms with E-state index in [1.807, 2.05) is 0 Å². The Bertz CT molecular complexity index is 619. The smallest absolute Gasteiger partial charge is 0.180 e. The number of aliphatic hydroxyl groups excluding tert-OH is 1. The molecule has 0 fully saturated rings. The number of aliphatic hydroxyl groups is 1. The summed E-state index contributed by atoms with van der Waals surface area (Å²) in [5, 5.41) is 16.3. The van der Waals surface area contributed by atoms with Crippen LogP contribution in [0.15, 0.2) is 23.1 Å². The summed E-state index contributed by atoms with van der Waals surface area (Å²) in [6.45, 7) is -0.413. The number of rotatable bonds is 3. The lowest BCUT2D eigenvalue weighted by molar-refractivity contribution is 0.319. The van der Waals surface area contributed by atoms with Crippen molar-refractivity contribution in [1.29, 1.82) is 0 Å². The van der Waals surface area contributed by atoms with E-state index in [2.05, 4.69) is 10.2 Å². The van der Waals surface area contributed by atoms with Gasteiger partial charge in [-0.3, -0.25) is 0 Å². The van der Waals surface area contributed by atoms with Crippen molar-refractivity contribution in [2.24, 2.45) is 0 Å². The number of hydrogen-bond donors (Lipinski definition) is 2. The zero-order valence-electron chi connectivity index (χ0n) is 8.24. The molecule has 1 aromatic heterocycles. The van der Waals surface area contributed by atoms with Gasteiger partial charge in [-0.25, -0.2) is 8.42 Å². The summed E-state index contributed by atoms with van der Waals surface area (Å²) in [4.78, 5) is 0.988. The lowest BCUT2D eigenvalue weighted by Crippen LogP contribution is -2.11. The zero-order valence-corrected chi connectivity index (χ0v) is 9.05. The van der Waals surface area contributed by atoms with Crippen molar-refractivity contribution in [1.82, 2.24) is 15.1 Å². The molecule has 0 amide bonds. The van der Waals surface area contributed by atoms with Crippen molar-refractivity contribution in [2.75, 3.05) is 18.2 Å². The lowest BCUT2D eigenvalue weighted by Gasteiger charge is -2.00. The molecule has 0 bridgehead atoms. The Labute approximate surface area is 91.4 Å². The summed E-state index contributed by atoms with van der Waals surface area (Å²) in [7, 11) is -3.46. The molecule has 3 N–H and O–H groups in total. The van der Waals surface area contributed by atoms with Gasteiger partial charge < -0.3 is 10.9 Å². The van der Waals surface area contributed by atoms with Crippen LogP contribution < -0.4 is 5.84 Å². The fraction of sp³-hybridized carbons (Fsp3) is 0.250. The molecule has 8 heteroatoms. The second kappa shape index (κ2) is 3.72. The predicted molar refractivity (Wildman–Crippen MR) is 56.8 cm³/mol. The number of nitrogens with zero attached hydrogens (tertiary/aromatic N) is 3. The van der Waals surface area contributed by atoms with Gasteiger partial charge in [-0.2, -0.15) is 0 Å². The highest BCUT2D eigenvalue weighted by atomic mass is 32.2. The molecule has 0 spiro atoms. The Morgan fingerprint density at radius 1 is 1.31 bits per heavy atom. The second-order valence-corrected chi connectivity index (χ2v) is 5.32. The summed E-state index contributed by atoms with van der Waals surface area (Å²) in [5.74, 6) is 5.00. The maximum absolute atomic E-state index is 11.6. The van der Waals surface area contributed by atoms with Gasteiger partial charge in [0.2, 0.25) is 0 Å². The van der Waals surface area contributed by atoms with Gasteiger partial charge in [0, 0.05) is 0 Å². The third-order valence-corrected chi connectivity index (χ3v) is 3.78.